The second kappa shape index (κ2) is 10.3. The van der Waals surface area contributed by atoms with Crippen LogP contribution in [-0.4, -0.2) is 62.8 Å². The molecule has 0 aliphatic rings. The van der Waals surface area contributed by atoms with E-state index in [-0.39, 0.29) is 27.3 Å². The zero-order valence-corrected chi connectivity index (χ0v) is 19.6. The lowest BCUT2D eigenvalue weighted by Crippen LogP contribution is -2.45. The number of sulfonamides is 1. The molecule has 0 spiro atoms. The predicted molar refractivity (Wildman–Crippen MR) is 116 cm³/mol. The van der Waals surface area contributed by atoms with E-state index < -0.39 is 27.9 Å². The number of carbonyl (C=O) groups excluding carboxylic acids is 2. The third-order valence-corrected chi connectivity index (χ3v) is 7.05. The zero-order chi connectivity index (χ0) is 22.5. The lowest BCUT2D eigenvalue weighted by molar-refractivity contribution is -0.137. The lowest BCUT2D eigenvalue weighted by Gasteiger charge is -2.29. The molecule has 164 valence electrons. The van der Waals surface area contributed by atoms with Gasteiger partial charge in [-0.05, 0) is 25.1 Å². The van der Waals surface area contributed by atoms with Crippen LogP contribution in [0.15, 0.2) is 22.5 Å². The maximum atomic E-state index is 12.7. The van der Waals surface area contributed by atoms with E-state index in [4.69, 9.17) is 16.3 Å². The van der Waals surface area contributed by atoms with Crippen LogP contribution in [0.25, 0.3) is 0 Å². The number of esters is 1. The topological polar surface area (TPSA) is 128 Å². The Labute approximate surface area is 187 Å². The monoisotopic (exact) mass is 494 g/mol. The molecule has 1 atom stereocenters. The van der Waals surface area contributed by atoms with Crippen LogP contribution in [0.3, 0.4) is 0 Å². The van der Waals surface area contributed by atoms with Crippen LogP contribution in [-0.2, 0) is 24.3 Å². The Kier molecular flexibility index (Phi) is 8.29. The third kappa shape index (κ3) is 6.20. The van der Waals surface area contributed by atoms with Gasteiger partial charge in [0.2, 0.25) is 21.1 Å². The predicted octanol–water partition coefficient (Wildman–Crippen LogP) is 2.26. The van der Waals surface area contributed by atoms with E-state index >= 15 is 0 Å². The average Bonchev–Trinajstić information content (AvgIpc) is 3.12. The molecule has 30 heavy (non-hydrogen) atoms. The second-order valence-corrected chi connectivity index (χ2v) is 10.3. The van der Waals surface area contributed by atoms with E-state index in [1.807, 2.05) is 0 Å². The number of nitrogens with zero attached hydrogens (tertiary/aromatic N) is 3. The van der Waals surface area contributed by atoms with Crippen molar-refractivity contribution in [3.63, 3.8) is 0 Å². The largest absolute Gasteiger partial charge is 0.495 e. The minimum absolute atomic E-state index is 0.0475. The summed E-state index contributed by atoms with van der Waals surface area (Å²) in [6, 6.07) is 3.31. The first-order chi connectivity index (χ1) is 14.1. The standard InChI is InChI=1S/C16H19ClN4O6S3/c1-9(14(23)18-15-19-20-16(29-15)28-8-13(22)27-3)21(30(4,24)25)11-7-10(17)5-6-12(11)26-2/h5-7,9H,8H2,1-4H3,(H,18,19,23)/t9-/m0/s1. The van der Waals surface area contributed by atoms with Gasteiger partial charge in [-0.25, -0.2) is 8.42 Å². The number of rotatable bonds is 9. The molecule has 1 aromatic carbocycles. The number of hydrogen-bond acceptors (Lipinski definition) is 10. The number of thioether (sulfide) groups is 1. The summed E-state index contributed by atoms with van der Waals surface area (Å²) in [5.74, 6) is -0.773. The van der Waals surface area contributed by atoms with Crippen molar-refractivity contribution in [3.05, 3.63) is 23.2 Å². The van der Waals surface area contributed by atoms with Gasteiger partial charge < -0.3 is 9.47 Å². The average molecular weight is 495 g/mol. The Morgan fingerprint density at radius 1 is 1.33 bits per heavy atom. The Balaban J connectivity index is 2.23. The molecule has 0 radical (unpaired) electrons. The SMILES string of the molecule is COC(=O)CSc1nnc(NC(=O)[C@H](C)N(c2cc(Cl)ccc2OC)S(C)(=O)=O)s1. The molecule has 1 amide bonds. The minimum Gasteiger partial charge on any atom is -0.495 e. The Morgan fingerprint density at radius 2 is 2.03 bits per heavy atom. The minimum atomic E-state index is -3.87. The van der Waals surface area contributed by atoms with Crippen molar-refractivity contribution in [2.75, 3.05) is 35.9 Å². The second-order valence-electron chi connectivity index (χ2n) is 5.78. The fourth-order valence-electron chi connectivity index (χ4n) is 2.32. The number of carbonyl (C=O) groups is 2. The molecule has 1 N–H and O–H groups in total. The van der Waals surface area contributed by atoms with E-state index in [0.29, 0.717) is 4.34 Å². The highest BCUT2D eigenvalue weighted by Crippen LogP contribution is 2.34. The van der Waals surface area contributed by atoms with E-state index in [0.717, 1.165) is 33.7 Å². The molecule has 1 aromatic heterocycles. The van der Waals surface area contributed by atoms with Crippen LogP contribution >= 0.6 is 34.7 Å². The summed E-state index contributed by atoms with van der Waals surface area (Å²) >= 11 is 8.17. The molecule has 1 heterocycles. The highest BCUT2D eigenvalue weighted by molar-refractivity contribution is 8.01. The summed E-state index contributed by atoms with van der Waals surface area (Å²) in [6.45, 7) is 1.42. The van der Waals surface area contributed by atoms with E-state index in [9.17, 15) is 18.0 Å². The van der Waals surface area contributed by atoms with Crippen LogP contribution in [0.5, 0.6) is 5.75 Å². The van der Waals surface area contributed by atoms with Gasteiger partial charge in [0.1, 0.15) is 11.8 Å². The molecule has 0 aliphatic carbocycles. The van der Waals surface area contributed by atoms with E-state index in [1.54, 1.807) is 6.07 Å². The Bertz CT molecular complexity index is 1030. The van der Waals surface area contributed by atoms with Crippen molar-refractivity contribution in [1.82, 2.24) is 10.2 Å². The van der Waals surface area contributed by atoms with Crippen LogP contribution in [0.4, 0.5) is 10.8 Å². The van der Waals surface area contributed by atoms with Gasteiger partial charge in [0, 0.05) is 5.02 Å². The number of amides is 1. The van der Waals surface area contributed by atoms with Crippen molar-refractivity contribution in [3.8, 4) is 5.75 Å². The molecule has 10 nitrogen and oxygen atoms in total. The molecule has 14 heteroatoms. The van der Waals surface area contributed by atoms with E-state index in [1.165, 1.54) is 33.3 Å². The van der Waals surface area contributed by atoms with Crippen molar-refractivity contribution in [1.29, 1.82) is 0 Å². The zero-order valence-electron chi connectivity index (χ0n) is 16.4. The van der Waals surface area contributed by atoms with Crippen LogP contribution in [0.1, 0.15) is 6.92 Å². The molecule has 0 bridgehead atoms. The molecule has 2 rings (SSSR count). The van der Waals surface area contributed by atoms with Crippen molar-refractivity contribution in [2.45, 2.75) is 17.3 Å². The Morgan fingerprint density at radius 3 is 2.63 bits per heavy atom. The van der Waals surface area contributed by atoms with Gasteiger partial charge in [-0.1, -0.05) is 34.7 Å². The summed E-state index contributed by atoms with van der Waals surface area (Å²) in [6.07, 6.45) is 0.976. The number of methoxy groups -OCH3 is 2. The lowest BCUT2D eigenvalue weighted by atomic mass is 10.2. The molecular weight excluding hydrogens is 476 g/mol. The normalized spacial score (nSPS) is 12.2. The number of aromatic nitrogens is 2. The molecule has 2 aromatic rings. The van der Waals surface area contributed by atoms with Gasteiger partial charge in [0.15, 0.2) is 4.34 Å². The number of hydrogen-bond donors (Lipinski definition) is 1. The summed E-state index contributed by atoms with van der Waals surface area (Å²) in [5.41, 5.74) is 0.127. The van der Waals surface area contributed by atoms with Gasteiger partial charge in [0.05, 0.1) is 31.9 Å². The van der Waals surface area contributed by atoms with Gasteiger partial charge in [-0.2, -0.15) is 0 Å². The number of nitrogens with one attached hydrogen (secondary N) is 1. The summed E-state index contributed by atoms with van der Waals surface area (Å²) < 4.78 is 36.1. The molecule has 0 fully saturated rings. The van der Waals surface area contributed by atoms with Crippen LogP contribution < -0.4 is 14.4 Å². The quantitative estimate of drug-likeness (QED) is 0.317. The highest BCUT2D eigenvalue weighted by Gasteiger charge is 2.32. The van der Waals surface area contributed by atoms with Gasteiger partial charge in [-0.15, -0.1) is 10.2 Å². The smallest absolute Gasteiger partial charge is 0.316 e. The third-order valence-electron chi connectivity index (χ3n) is 3.64. The Hall–Kier alpha value is -2.09. The maximum absolute atomic E-state index is 12.7. The summed E-state index contributed by atoms with van der Waals surface area (Å²) in [4.78, 5) is 23.9. The fourth-order valence-corrected chi connectivity index (χ4v) is 5.25. The molecule has 0 saturated heterocycles. The van der Waals surface area contributed by atoms with Crippen molar-refractivity contribution >= 4 is 67.4 Å². The van der Waals surface area contributed by atoms with Gasteiger partial charge in [-0.3, -0.25) is 19.2 Å². The van der Waals surface area contributed by atoms with Crippen LogP contribution in [0, 0.1) is 0 Å². The molecule has 0 unspecified atom stereocenters. The highest BCUT2D eigenvalue weighted by atomic mass is 35.5. The first-order valence-electron chi connectivity index (χ1n) is 8.23. The molecule has 0 aliphatic heterocycles. The van der Waals surface area contributed by atoms with Gasteiger partial charge in [0.25, 0.3) is 0 Å². The van der Waals surface area contributed by atoms with Gasteiger partial charge >= 0.3 is 5.97 Å². The number of ether oxygens (including phenoxy) is 2. The van der Waals surface area contributed by atoms with Crippen LogP contribution in [0.2, 0.25) is 5.02 Å². The molecular formula is C16H19ClN4O6S3. The summed E-state index contributed by atoms with van der Waals surface area (Å²) in [7, 11) is -1.22. The number of halogens is 1. The maximum Gasteiger partial charge on any atom is 0.316 e. The number of anilines is 2. The fraction of sp³-hybridized carbons (Fsp3) is 0.375. The molecule has 0 saturated carbocycles. The first-order valence-corrected chi connectivity index (χ1v) is 12.3. The number of benzene rings is 1. The first kappa shape index (κ1) is 24.2. The summed E-state index contributed by atoms with van der Waals surface area (Å²) in [5, 5.41) is 10.7. The van der Waals surface area contributed by atoms with Crippen molar-refractivity contribution in [2.24, 2.45) is 0 Å². The van der Waals surface area contributed by atoms with Crippen molar-refractivity contribution < 1.29 is 27.5 Å². The van der Waals surface area contributed by atoms with E-state index in [2.05, 4.69) is 20.3 Å².